The Hall–Kier alpha value is -2.77. The zero-order valence-electron chi connectivity index (χ0n) is 20.1. The Bertz CT molecular complexity index is 1140. The first-order valence-electron chi connectivity index (χ1n) is 11.4. The number of aryl methyl sites for hydroxylation is 3. The number of allylic oxidation sites excluding steroid dienone is 1. The zero-order chi connectivity index (χ0) is 24.7. The van der Waals surface area contributed by atoms with Gasteiger partial charge in [0.15, 0.2) is 17.1 Å². The number of hydrogen-bond acceptors (Lipinski definition) is 5. The molecule has 1 amide bonds. The van der Waals surface area contributed by atoms with Crippen LogP contribution in [0.25, 0.3) is 0 Å². The maximum absolute atomic E-state index is 12.8. The summed E-state index contributed by atoms with van der Waals surface area (Å²) < 4.78 is 8.00. The van der Waals surface area contributed by atoms with E-state index in [0.29, 0.717) is 28.3 Å². The second-order valence-electron chi connectivity index (χ2n) is 7.93. The van der Waals surface area contributed by atoms with E-state index in [1.165, 1.54) is 11.8 Å². The molecular weight excluding hydrogens is 468 g/mol. The molecule has 0 spiro atoms. The number of hydrogen-bond donors (Lipinski definition) is 1. The Morgan fingerprint density at radius 2 is 1.94 bits per heavy atom. The van der Waals surface area contributed by atoms with Crippen LogP contribution in [0.15, 0.2) is 54.2 Å². The van der Waals surface area contributed by atoms with E-state index in [9.17, 15) is 4.79 Å². The second kappa shape index (κ2) is 12.1. The fourth-order valence-electron chi connectivity index (χ4n) is 3.66. The lowest BCUT2D eigenvalue weighted by atomic mass is 10.0. The Morgan fingerprint density at radius 1 is 1.24 bits per heavy atom. The van der Waals surface area contributed by atoms with E-state index in [1.54, 1.807) is 6.08 Å². The number of ether oxygens (including phenoxy) is 1. The topological polar surface area (TPSA) is 69.0 Å². The van der Waals surface area contributed by atoms with Crippen molar-refractivity contribution in [3.8, 4) is 5.75 Å². The molecule has 2 aromatic carbocycles. The Kier molecular flexibility index (Phi) is 9.19. The van der Waals surface area contributed by atoms with Crippen LogP contribution in [0.2, 0.25) is 5.02 Å². The van der Waals surface area contributed by atoms with Gasteiger partial charge >= 0.3 is 0 Å². The van der Waals surface area contributed by atoms with Crippen LogP contribution in [0.5, 0.6) is 5.75 Å². The molecule has 1 aromatic heterocycles. The van der Waals surface area contributed by atoms with Crippen LogP contribution >= 0.6 is 23.4 Å². The van der Waals surface area contributed by atoms with Gasteiger partial charge in [0, 0.05) is 12.2 Å². The lowest BCUT2D eigenvalue weighted by molar-refractivity contribution is -0.113. The second-order valence-corrected chi connectivity index (χ2v) is 9.28. The van der Waals surface area contributed by atoms with E-state index in [4.69, 9.17) is 16.3 Å². The number of rotatable bonds is 11. The lowest BCUT2D eigenvalue weighted by Gasteiger charge is -2.17. The molecule has 0 radical (unpaired) electrons. The van der Waals surface area contributed by atoms with Crippen LogP contribution < -0.4 is 10.1 Å². The Balaban J connectivity index is 1.73. The van der Waals surface area contributed by atoms with Crippen molar-refractivity contribution in [2.24, 2.45) is 0 Å². The van der Waals surface area contributed by atoms with Crippen LogP contribution in [0, 0.1) is 6.92 Å². The van der Waals surface area contributed by atoms with Gasteiger partial charge < -0.3 is 10.1 Å². The summed E-state index contributed by atoms with van der Waals surface area (Å²) in [4.78, 5) is 12.8. The minimum atomic E-state index is -0.390. The number of carbonyl (C=O) groups excluding carboxylic acids is 1. The number of amides is 1. The third-order valence-corrected chi connectivity index (χ3v) is 6.69. The summed E-state index contributed by atoms with van der Waals surface area (Å²) in [5, 5.41) is 12.9. The standard InChI is InChI=1S/C26H31ClN4O2S/c1-6-14-31-25(18(5)33-22-15-17(4)12-13-21(22)27)29-30-26(31)34-16-23(32)28-24-19(7-2)10-9-11-20(24)8-3/h6,9-13,15,18H,1,7-8,14,16H2,2-5H3,(H,28,32). The highest BCUT2D eigenvalue weighted by Crippen LogP contribution is 2.31. The first-order chi connectivity index (χ1) is 16.4. The Morgan fingerprint density at radius 3 is 2.59 bits per heavy atom. The molecule has 0 saturated heterocycles. The first-order valence-corrected chi connectivity index (χ1v) is 12.7. The van der Waals surface area contributed by atoms with Gasteiger partial charge in [-0.05, 0) is 55.5 Å². The van der Waals surface area contributed by atoms with Crippen molar-refractivity contribution < 1.29 is 9.53 Å². The summed E-state index contributed by atoms with van der Waals surface area (Å²) in [5.74, 6) is 1.38. The van der Waals surface area contributed by atoms with E-state index < -0.39 is 6.10 Å². The minimum absolute atomic E-state index is 0.0776. The summed E-state index contributed by atoms with van der Waals surface area (Å²) in [5.41, 5.74) is 4.24. The molecule has 1 unspecified atom stereocenters. The van der Waals surface area contributed by atoms with E-state index in [2.05, 4.69) is 48.1 Å². The summed E-state index contributed by atoms with van der Waals surface area (Å²) in [6.07, 6.45) is 3.10. The molecule has 1 heterocycles. The molecule has 0 bridgehead atoms. The fraction of sp³-hybridized carbons (Fsp3) is 0.346. The molecule has 8 heteroatoms. The van der Waals surface area contributed by atoms with Gasteiger partial charge in [-0.1, -0.05) is 67.6 Å². The molecule has 0 aliphatic carbocycles. The van der Waals surface area contributed by atoms with Gasteiger partial charge in [0.05, 0.1) is 10.8 Å². The molecule has 0 saturated carbocycles. The van der Waals surface area contributed by atoms with E-state index in [1.807, 2.05) is 42.7 Å². The molecule has 3 aromatic rings. The maximum atomic E-state index is 12.8. The number of nitrogens with one attached hydrogen (secondary N) is 1. The highest BCUT2D eigenvalue weighted by atomic mass is 35.5. The molecule has 0 aliphatic rings. The van der Waals surface area contributed by atoms with Gasteiger partial charge in [0.2, 0.25) is 5.91 Å². The van der Waals surface area contributed by atoms with Gasteiger partial charge in [-0.15, -0.1) is 16.8 Å². The van der Waals surface area contributed by atoms with Gasteiger partial charge in [0.25, 0.3) is 0 Å². The number of aromatic nitrogens is 3. The highest BCUT2D eigenvalue weighted by Gasteiger charge is 2.21. The molecule has 3 rings (SSSR count). The number of thioether (sulfide) groups is 1. The van der Waals surface area contributed by atoms with Gasteiger partial charge in [-0.2, -0.15) is 0 Å². The van der Waals surface area contributed by atoms with Crippen LogP contribution in [0.1, 0.15) is 49.4 Å². The van der Waals surface area contributed by atoms with Crippen molar-refractivity contribution in [1.82, 2.24) is 14.8 Å². The average molecular weight is 499 g/mol. The van der Waals surface area contributed by atoms with Crippen LogP contribution in [-0.2, 0) is 24.2 Å². The number of para-hydroxylation sites is 1. The maximum Gasteiger partial charge on any atom is 0.234 e. The van der Waals surface area contributed by atoms with E-state index in [-0.39, 0.29) is 11.7 Å². The predicted molar refractivity (Wildman–Crippen MR) is 140 cm³/mol. The van der Waals surface area contributed by atoms with Gasteiger partial charge in [-0.3, -0.25) is 9.36 Å². The number of nitrogens with zero attached hydrogens (tertiary/aromatic N) is 3. The molecule has 1 atom stereocenters. The van der Waals surface area contributed by atoms with Gasteiger partial charge in [-0.25, -0.2) is 0 Å². The normalized spacial score (nSPS) is 11.8. The monoisotopic (exact) mass is 498 g/mol. The third kappa shape index (κ3) is 6.21. The molecular formula is C26H31ClN4O2S. The molecule has 0 aliphatic heterocycles. The molecule has 0 fully saturated rings. The summed E-state index contributed by atoms with van der Waals surface area (Å²) in [6, 6.07) is 11.8. The molecule has 1 N–H and O–H groups in total. The van der Waals surface area contributed by atoms with Gasteiger partial charge in [0.1, 0.15) is 5.75 Å². The van der Waals surface area contributed by atoms with Crippen LogP contribution in [0.3, 0.4) is 0 Å². The Labute approximate surface area is 210 Å². The first kappa shape index (κ1) is 25.8. The lowest BCUT2D eigenvalue weighted by Crippen LogP contribution is -2.17. The molecule has 6 nitrogen and oxygen atoms in total. The van der Waals surface area contributed by atoms with Crippen molar-refractivity contribution in [2.75, 3.05) is 11.1 Å². The fourth-order valence-corrected chi connectivity index (χ4v) is 4.58. The third-order valence-electron chi connectivity index (χ3n) is 5.41. The number of anilines is 1. The molecule has 180 valence electrons. The van der Waals surface area contributed by atoms with Crippen molar-refractivity contribution in [3.63, 3.8) is 0 Å². The highest BCUT2D eigenvalue weighted by molar-refractivity contribution is 7.99. The zero-order valence-corrected chi connectivity index (χ0v) is 21.7. The van der Waals surface area contributed by atoms with Crippen molar-refractivity contribution >= 4 is 35.0 Å². The van der Waals surface area contributed by atoms with Crippen LogP contribution in [0.4, 0.5) is 5.69 Å². The largest absolute Gasteiger partial charge is 0.481 e. The van der Waals surface area contributed by atoms with E-state index >= 15 is 0 Å². The predicted octanol–water partition coefficient (Wildman–Crippen LogP) is 6.42. The van der Waals surface area contributed by atoms with E-state index in [0.717, 1.165) is 35.2 Å². The number of benzene rings is 2. The van der Waals surface area contributed by atoms with Crippen LogP contribution in [-0.4, -0.2) is 26.4 Å². The summed E-state index contributed by atoms with van der Waals surface area (Å²) in [7, 11) is 0. The smallest absolute Gasteiger partial charge is 0.234 e. The number of halogens is 1. The average Bonchev–Trinajstić information content (AvgIpc) is 3.23. The summed E-state index contributed by atoms with van der Waals surface area (Å²) in [6.45, 7) is 12.4. The van der Waals surface area contributed by atoms with Crippen molar-refractivity contribution in [1.29, 1.82) is 0 Å². The number of carbonyl (C=O) groups is 1. The van der Waals surface area contributed by atoms with Crippen molar-refractivity contribution in [3.05, 3.63) is 76.6 Å². The molecule has 34 heavy (non-hydrogen) atoms. The summed E-state index contributed by atoms with van der Waals surface area (Å²) >= 11 is 7.63. The SMILES string of the molecule is C=CCn1c(SCC(=O)Nc2c(CC)cccc2CC)nnc1C(C)Oc1cc(C)ccc1Cl. The van der Waals surface area contributed by atoms with Crippen molar-refractivity contribution in [2.45, 2.75) is 58.3 Å². The quantitative estimate of drug-likeness (QED) is 0.244. The minimum Gasteiger partial charge on any atom is -0.481 e.